The Morgan fingerprint density at radius 3 is 2.61 bits per heavy atom. The number of hydrogen-bond donors (Lipinski definition) is 2. The SMILES string of the molecule is Cn1cc(N)c(C(=O)NC2CCC(C)(C)CC2)n1. The number of nitrogens with zero attached hydrogens (tertiary/aromatic N) is 2. The molecule has 3 N–H and O–H groups in total. The number of carbonyl (C=O) groups is 1. The molecule has 18 heavy (non-hydrogen) atoms. The Hall–Kier alpha value is -1.52. The minimum Gasteiger partial charge on any atom is -0.396 e. The minimum absolute atomic E-state index is 0.155. The fraction of sp³-hybridized carbons (Fsp3) is 0.692. The van der Waals surface area contributed by atoms with Crippen LogP contribution < -0.4 is 11.1 Å². The second-order valence-corrected chi connectivity index (χ2v) is 6.02. The van der Waals surface area contributed by atoms with Gasteiger partial charge in [0.15, 0.2) is 5.69 Å². The molecule has 1 aliphatic carbocycles. The standard InChI is InChI=1S/C13H22N4O/c1-13(2)6-4-9(5-7-13)15-12(18)11-10(14)8-17(3)16-11/h8-9H,4-7,14H2,1-3H3,(H,15,18). The average Bonchev–Trinajstić information content (AvgIpc) is 2.61. The molecule has 1 aromatic heterocycles. The van der Waals surface area contributed by atoms with Crippen LogP contribution in [0.15, 0.2) is 6.20 Å². The van der Waals surface area contributed by atoms with Crippen LogP contribution in [0.5, 0.6) is 0 Å². The van der Waals surface area contributed by atoms with Crippen molar-refractivity contribution in [3.05, 3.63) is 11.9 Å². The van der Waals surface area contributed by atoms with Crippen molar-refractivity contribution in [3.8, 4) is 0 Å². The Balaban J connectivity index is 1.95. The molecule has 0 aromatic carbocycles. The highest BCUT2D eigenvalue weighted by Gasteiger charge is 2.28. The lowest BCUT2D eigenvalue weighted by Crippen LogP contribution is -2.39. The molecule has 0 bridgehead atoms. The van der Waals surface area contributed by atoms with E-state index in [9.17, 15) is 4.79 Å². The second-order valence-electron chi connectivity index (χ2n) is 6.02. The summed E-state index contributed by atoms with van der Waals surface area (Å²) in [7, 11) is 1.76. The van der Waals surface area contributed by atoms with Gasteiger partial charge < -0.3 is 11.1 Å². The van der Waals surface area contributed by atoms with E-state index < -0.39 is 0 Å². The van der Waals surface area contributed by atoms with E-state index in [-0.39, 0.29) is 11.9 Å². The Bertz CT molecular complexity index is 440. The molecule has 0 unspecified atom stereocenters. The van der Waals surface area contributed by atoms with Gasteiger partial charge in [-0.25, -0.2) is 0 Å². The van der Waals surface area contributed by atoms with Crippen LogP contribution in [-0.2, 0) is 7.05 Å². The van der Waals surface area contributed by atoms with Crippen LogP contribution in [0.25, 0.3) is 0 Å². The minimum atomic E-state index is -0.155. The quantitative estimate of drug-likeness (QED) is 0.839. The van der Waals surface area contributed by atoms with Gasteiger partial charge in [0.1, 0.15) is 0 Å². The van der Waals surface area contributed by atoms with Crippen LogP contribution in [0.4, 0.5) is 5.69 Å². The van der Waals surface area contributed by atoms with Gasteiger partial charge in [0.25, 0.3) is 5.91 Å². The van der Waals surface area contributed by atoms with Gasteiger partial charge in [-0.05, 0) is 31.1 Å². The van der Waals surface area contributed by atoms with Gasteiger partial charge in [0.2, 0.25) is 0 Å². The highest BCUT2D eigenvalue weighted by Crippen LogP contribution is 2.35. The van der Waals surface area contributed by atoms with Crippen LogP contribution >= 0.6 is 0 Å². The molecule has 5 heteroatoms. The summed E-state index contributed by atoms with van der Waals surface area (Å²) in [6, 6.07) is 0.256. The summed E-state index contributed by atoms with van der Waals surface area (Å²) >= 11 is 0. The zero-order chi connectivity index (χ0) is 13.3. The molecule has 1 amide bonds. The summed E-state index contributed by atoms with van der Waals surface area (Å²) in [5.74, 6) is -0.155. The third-order valence-corrected chi connectivity index (χ3v) is 3.75. The summed E-state index contributed by atoms with van der Waals surface area (Å²) in [5.41, 5.74) is 6.93. The molecule has 1 fully saturated rings. The predicted octanol–water partition coefficient (Wildman–Crippen LogP) is 1.70. The molecule has 2 rings (SSSR count). The Morgan fingerprint density at radius 1 is 1.50 bits per heavy atom. The number of anilines is 1. The smallest absolute Gasteiger partial charge is 0.274 e. The molecule has 0 saturated heterocycles. The molecule has 0 atom stereocenters. The van der Waals surface area contributed by atoms with Gasteiger partial charge in [0.05, 0.1) is 5.69 Å². The van der Waals surface area contributed by atoms with Gasteiger partial charge in [-0.2, -0.15) is 5.10 Å². The van der Waals surface area contributed by atoms with Crippen molar-refractivity contribution in [2.45, 2.75) is 45.6 Å². The largest absolute Gasteiger partial charge is 0.396 e. The lowest BCUT2D eigenvalue weighted by molar-refractivity contribution is 0.0904. The molecule has 1 aromatic rings. The van der Waals surface area contributed by atoms with Crippen molar-refractivity contribution in [2.75, 3.05) is 5.73 Å². The number of rotatable bonds is 2. The molecule has 0 aliphatic heterocycles. The zero-order valence-electron chi connectivity index (χ0n) is 11.4. The fourth-order valence-electron chi connectivity index (χ4n) is 2.48. The lowest BCUT2D eigenvalue weighted by Gasteiger charge is -2.34. The van der Waals surface area contributed by atoms with E-state index >= 15 is 0 Å². The Kier molecular flexibility index (Phi) is 3.32. The van der Waals surface area contributed by atoms with Crippen LogP contribution in [0.2, 0.25) is 0 Å². The number of carbonyl (C=O) groups excluding carboxylic acids is 1. The first-order chi connectivity index (χ1) is 8.37. The van der Waals surface area contributed by atoms with E-state index in [2.05, 4.69) is 24.3 Å². The van der Waals surface area contributed by atoms with Gasteiger partial charge in [-0.15, -0.1) is 0 Å². The molecule has 1 saturated carbocycles. The van der Waals surface area contributed by atoms with E-state index in [1.54, 1.807) is 17.9 Å². The molecule has 100 valence electrons. The summed E-state index contributed by atoms with van der Waals surface area (Å²) in [4.78, 5) is 12.0. The molecule has 0 radical (unpaired) electrons. The summed E-state index contributed by atoms with van der Waals surface area (Å²) in [6.07, 6.45) is 6.02. The monoisotopic (exact) mass is 250 g/mol. The first kappa shape index (κ1) is 12.9. The zero-order valence-corrected chi connectivity index (χ0v) is 11.4. The highest BCUT2D eigenvalue weighted by molar-refractivity contribution is 5.97. The number of nitrogens with one attached hydrogen (secondary N) is 1. The van der Waals surface area contributed by atoms with Crippen molar-refractivity contribution in [1.82, 2.24) is 15.1 Å². The highest BCUT2D eigenvalue weighted by atomic mass is 16.2. The molecule has 5 nitrogen and oxygen atoms in total. The van der Waals surface area contributed by atoms with E-state index in [1.165, 1.54) is 0 Å². The maximum absolute atomic E-state index is 12.0. The molecule has 1 aliphatic rings. The van der Waals surface area contributed by atoms with Gasteiger partial charge in [-0.1, -0.05) is 13.8 Å². The first-order valence-corrected chi connectivity index (χ1v) is 6.47. The van der Waals surface area contributed by atoms with Crippen LogP contribution in [-0.4, -0.2) is 21.7 Å². The number of nitrogen functional groups attached to an aromatic ring is 1. The third-order valence-electron chi connectivity index (χ3n) is 3.75. The van der Waals surface area contributed by atoms with Crippen molar-refractivity contribution in [1.29, 1.82) is 0 Å². The summed E-state index contributed by atoms with van der Waals surface area (Å²) < 4.78 is 1.56. The van der Waals surface area contributed by atoms with E-state index in [1.807, 2.05) is 0 Å². The maximum atomic E-state index is 12.0. The maximum Gasteiger partial charge on any atom is 0.274 e. The van der Waals surface area contributed by atoms with E-state index in [4.69, 9.17) is 5.73 Å². The molecule has 0 spiro atoms. The first-order valence-electron chi connectivity index (χ1n) is 6.47. The van der Waals surface area contributed by atoms with Crippen molar-refractivity contribution < 1.29 is 4.79 Å². The number of hydrogen-bond acceptors (Lipinski definition) is 3. The van der Waals surface area contributed by atoms with Crippen molar-refractivity contribution >= 4 is 11.6 Å². The van der Waals surface area contributed by atoms with Gasteiger partial charge in [-0.3, -0.25) is 9.48 Å². The molecule has 1 heterocycles. The number of amides is 1. The van der Waals surface area contributed by atoms with Crippen LogP contribution in [0.1, 0.15) is 50.0 Å². The van der Waals surface area contributed by atoms with Crippen molar-refractivity contribution in [2.24, 2.45) is 12.5 Å². The molecular weight excluding hydrogens is 228 g/mol. The Morgan fingerprint density at radius 2 is 2.11 bits per heavy atom. The fourth-order valence-corrected chi connectivity index (χ4v) is 2.48. The van der Waals surface area contributed by atoms with Crippen LogP contribution in [0, 0.1) is 5.41 Å². The average molecular weight is 250 g/mol. The van der Waals surface area contributed by atoms with E-state index in [0.29, 0.717) is 16.8 Å². The number of nitrogens with two attached hydrogens (primary N) is 1. The molecular formula is C13H22N4O. The number of aryl methyl sites for hydroxylation is 1. The second kappa shape index (κ2) is 4.63. The third kappa shape index (κ3) is 2.83. The lowest BCUT2D eigenvalue weighted by atomic mass is 9.75. The summed E-state index contributed by atoms with van der Waals surface area (Å²) in [5, 5.41) is 7.12. The number of aromatic nitrogens is 2. The Labute approximate surface area is 108 Å². The topological polar surface area (TPSA) is 72.9 Å². The predicted molar refractivity (Wildman–Crippen MR) is 71.1 cm³/mol. The van der Waals surface area contributed by atoms with Crippen molar-refractivity contribution in [3.63, 3.8) is 0 Å². The normalized spacial score (nSPS) is 19.7. The van der Waals surface area contributed by atoms with E-state index in [0.717, 1.165) is 25.7 Å². The van der Waals surface area contributed by atoms with Gasteiger partial charge >= 0.3 is 0 Å². The summed E-state index contributed by atoms with van der Waals surface area (Å²) in [6.45, 7) is 4.56. The van der Waals surface area contributed by atoms with Gasteiger partial charge in [0, 0.05) is 19.3 Å². The van der Waals surface area contributed by atoms with Crippen LogP contribution in [0.3, 0.4) is 0 Å².